The zero-order chi connectivity index (χ0) is 18.0. The Hall–Kier alpha value is -1.87. The highest BCUT2D eigenvalue weighted by molar-refractivity contribution is 8.00. The third-order valence-electron chi connectivity index (χ3n) is 3.93. The van der Waals surface area contributed by atoms with Gasteiger partial charge in [0.05, 0.1) is 16.8 Å². The number of nitrogens with zero attached hydrogens (tertiary/aromatic N) is 2. The van der Waals surface area contributed by atoms with E-state index < -0.39 is 15.1 Å². The summed E-state index contributed by atoms with van der Waals surface area (Å²) in [5.74, 6) is 0.302. The average Bonchev–Trinajstić information content (AvgIpc) is 3.14. The molecule has 1 aromatic carbocycles. The highest BCUT2D eigenvalue weighted by Gasteiger charge is 2.30. The van der Waals surface area contributed by atoms with Crippen LogP contribution in [0.25, 0.3) is 11.5 Å². The van der Waals surface area contributed by atoms with Gasteiger partial charge in [-0.2, -0.15) is 0 Å². The van der Waals surface area contributed by atoms with Crippen molar-refractivity contribution >= 4 is 27.5 Å². The summed E-state index contributed by atoms with van der Waals surface area (Å²) in [6, 6.07) is 7.39. The van der Waals surface area contributed by atoms with Crippen LogP contribution in [0.4, 0.5) is 0 Å². The SMILES string of the molecule is Cc1ccc(-c2nnc(S[C@H](C)C(=O)N[C@H]3CCS(=O)(=O)C3)o2)cc1. The van der Waals surface area contributed by atoms with Crippen LogP contribution < -0.4 is 5.32 Å². The van der Waals surface area contributed by atoms with Crippen molar-refractivity contribution in [2.24, 2.45) is 0 Å². The van der Waals surface area contributed by atoms with Gasteiger partial charge in [-0.15, -0.1) is 10.2 Å². The third-order valence-corrected chi connectivity index (χ3v) is 6.63. The van der Waals surface area contributed by atoms with Crippen LogP contribution in [0.15, 0.2) is 33.9 Å². The molecule has 1 N–H and O–H groups in total. The smallest absolute Gasteiger partial charge is 0.277 e. The molecule has 1 fully saturated rings. The predicted molar refractivity (Wildman–Crippen MR) is 95.0 cm³/mol. The molecule has 1 aromatic heterocycles. The van der Waals surface area contributed by atoms with E-state index in [1.165, 1.54) is 0 Å². The zero-order valence-corrected chi connectivity index (χ0v) is 15.6. The molecule has 25 heavy (non-hydrogen) atoms. The van der Waals surface area contributed by atoms with Gasteiger partial charge in [-0.3, -0.25) is 4.79 Å². The molecule has 0 aliphatic carbocycles. The molecule has 2 atom stereocenters. The number of nitrogens with one attached hydrogen (secondary N) is 1. The molecule has 2 aromatic rings. The molecule has 0 spiro atoms. The molecule has 0 unspecified atom stereocenters. The molecule has 1 aliphatic rings. The van der Waals surface area contributed by atoms with E-state index >= 15 is 0 Å². The minimum absolute atomic E-state index is 0.00819. The lowest BCUT2D eigenvalue weighted by Crippen LogP contribution is -2.39. The molecular formula is C16H19N3O4S2. The zero-order valence-electron chi connectivity index (χ0n) is 13.9. The molecule has 0 bridgehead atoms. The van der Waals surface area contributed by atoms with E-state index in [0.29, 0.717) is 17.5 Å². The van der Waals surface area contributed by atoms with Crippen LogP contribution in [0.5, 0.6) is 0 Å². The van der Waals surface area contributed by atoms with E-state index in [1.807, 2.05) is 31.2 Å². The van der Waals surface area contributed by atoms with Crippen molar-refractivity contribution in [1.82, 2.24) is 15.5 Å². The van der Waals surface area contributed by atoms with Gasteiger partial charge in [-0.05, 0) is 32.4 Å². The van der Waals surface area contributed by atoms with Gasteiger partial charge in [0.15, 0.2) is 9.84 Å². The number of aryl methyl sites for hydroxylation is 1. The third kappa shape index (κ3) is 4.60. The maximum absolute atomic E-state index is 12.2. The molecule has 3 rings (SSSR count). The summed E-state index contributed by atoms with van der Waals surface area (Å²) >= 11 is 1.15. The van der Waals surface area contributed by atoms with Gasteiger partial charge in [0, 0.05) is 11.6 Å². The van der Waals surface area contributed by atoms with Crippen LogP contribution in [-0.2, 0) is 14.6 Å². The van der Waals surface area contributed by atoms with Crippen LogP contribution in [0, 0.1) is 6.92 Å². The van der Waals surface area contributed by atoms with Gasteiger partial charge < -0.3 is 9.73 Å². The Balaban J connectivity index is 1.58. The Labute approximate surface area is 150 Å². The first-order chi connectivity index (χ1) is 11.8. The van der Waals surface area contributed by atoms with Gasteiger partial charge >= 0.3 is 0 Å². The lowest BCUT2D eigenvalue weighted by molar-refractivity contribution is -0.120. The van der Waals surface area contributed by atoms with Gasteiger partial charge in [-0.1, -0.05) is 29.5 Å². The van der Waals surface area contributed by atoms with E-state index in [9.17, 15) is 13.2 Å². The Morgan fingerprint density at radius 2 is 2.04 bits per heavy atom. The quantitative estimate of drug-likeness (QED) is 0.788. The molecule has 0 saturated carbocycles. The largest absolute Gasteiger partial charge is 0.411 e. The number of amides is 1. The number of aromatic nitrogens is 2. The van der Waals surface area contributed by atoms with Crippen molar-refractivity contribution in [2.45, 2.75) is 36.8 Å². The Kier molecular flexibility index (Phi) is 5.14. The van der Waals surface area contributed by atoms with E-state index in [1.54, 1.807) is 6.92 Å². The minimum atomic E-state index is -3.02. The van der Waals surface area contributed by atoms with Crippen LogP contribution in [0.2, 0.25) is 0 Å². The molecule has 9 heteroatoms. The summed E-state index contributed by atoms with van der Waals surface area (Å²) in [4.78, 5) is 12.2. The van der Waals surface area contributed by atoms with Crippen molar-refractivity contribution in [2.75, 3.05) is 11.5 Å². The van der Waals surface area contributed by atoms with Crippen molar-refractivity contribution in [3.63, 3.8) is 0 Å². The predicted octanol–water partition coefficient (Wildman–Crippen LogP) is 1.83. The fraction of sp³-hybridized carbons (Fsp3) is 0.438. The molecule has 0 radical (unpaired) electrons. The second-order valence-corrected chi connectivity index (χ2v) is 9.63. The molecule has 1 amide bonds. The normalized spacial score (nSPS) is 20.3. The summed E-state index contributed by atoms with van der Waals surface area (Å²) in [5, 5.41) is 10.6. The summed E-state index contributed by atoms with van der Waals surface area (Å²) in [6.07, 6.45) is 0.462. The maximum atomic E-state index is 12.2. The number of hydrogen-bond acceptors (Lipinski definition) is 7. The molecule has 134 valence electrons. The van der Waals surface area contributed by atoms with Gasteiger partial charge in [-0.25, -0.2) is 8.42 Å². The first-order valence-corrected chi connectivity index (χ1v) is 10.6. The number of benzene rings is 1. The lowest BCUT2D eigenvalue weighted by atomic mass is 10.1. The number of hydrogen-bond donors (Lipinski definition) is 1. The Morgan fingerprint density at radius 1 is 1.32 bits per heavy atom. The first kappa shape index (κ1) is 17.9. The molecular weight excluding hydrogens is 362 g/mol. The van der Waals surface area contributed by atoms with Gasteiger partial charge in [0.2, 0.25) is 11.8 Å². The fourth-order valence-electron chi connectivity index (χ4n) is 2.50. The standard InChI is InChI=1S/C16H19N3O4S2/c1-10-3-5-12(6-4-10)15-18-19-16(23-15)24-11(2)14(20)17-13-7-8-25(21,22)9-13/h3-6,11,13H,7-9H2,1-2H3,(H,17,20)/t11-,13+/m1/s1. The summed E-state index contributed by atoms with van der Waals surface area (Å²) in [5.41, 5.74) is 1.95. The molecule has 2 heterocycles. The van der Waals surface area contributed by atoms with Crippen LogP contribution in [0.1, 0.15) is 18.9 Å². The first-order valence-electron chi connectivity index (χ1n) is 7.90. The second kappa shape index (κ2) is 7.17. The second-order valence-electron chi connectivity index (χ2n) is 6.11. The van der Waals surface area contributed by atoms with Crippen LogP contribution in [0.3, 0.4) is 0 Å². The Bertz CT molecular complexity index is 862. The van der Waals surface area contributed by atoms with E-state index in [2.05, 4.69) is 15.5 Å². The monoisotopic (exact) mass is 381 g/mol. The van der Waals surface area contributed by atoms with Gasteiger partial charge in [0.1, 0.15) is 0 Å². The van der Waals surface area contributed by atoms with Crippen LogP contribution >= 0.6 is 11.8 Å². The number of carbonyl (C=O) groups excluding carboxylic acids is 1. The molecule has 7 nitrogen and oxygen atoms in total. The number of carbonyl (C=O) groups is 1. The molecule has 1 saturated heterocycles. The van der Waals surface area contributed by atoms with Gasteiger partial charge in [0.25, 0.3) is 5.22 Å². The summed E-state index contributed by atoms with van der Waals surface area (Å²) in [7, 11) is -3.02. The van der Waals surface area contributed by atoms with Crippen molar-refractivity contribution < 1.29 is 17.6 Å². The number of rotatable bonds is 5. The average molecular weight is 381 g/mol. The van der Waals surface area contributed by atoms with E-state index in [-0.39, 0.29) is 23.5 Å². The van der Waals surface area contributed by atoms with Crippen molar-refractivity contribution in [3.8, 4) is 11.5 Å². The fourth-order valence-corrected chi connectivity index (χ4v) is 4.87. The lowest BCUT2D eigenvalue weighted by Gasteiger charge is -2.14. The maximum Gasteiger partial charge on any atom is 0.277 e. The van der Waals surface area contributed by atoms with Crippen LogP contribution in [-0.4, -0.2) is 47.3 Å². The number of thioether (sulfide) groups is 1. The minimum Gasteiger partial charge on any atom is -0.411 e. The van der Waals surface area contributed by atoms with Crippen molar-refractivity contribution in [1.29, 1.82) is 0 Å². The summed E-state index contributed by atoms with van der Waals surface area (Å²) < 4.78 is 28.5. The number of sulfone groups is 1. The Morgan fingerprint density at radius 3 is 2.68 bits per heavy atom. The topological polar surface area (TPSA) is 102 Å². The van der Waals surface area contributed by atoms with Crippen molar-refractivity contribution in [3.05, 3.63) is 29.8 Å². The highest BCUT2D eigenvalue weighted by Crippen LogP contribution is 2.26. The highest BCUT2D eigenvalue weighted by atomic mass is 32.2. The summed E-state index contributed by atoms with van der Waals surface area (Å²) in [6.45, 7) is 3.72. The molecule has 1 aliphatic heterocycles. The van der Waals surface area contributed by atoms with E-state index in [0.717, 1.165) is 22.9 Å². The van der Waals surface area contributed by atoms with E-state index in [4.69, 9.17) is 4.42 Å².